The lowest BCUT2D eigenvalue weighted by atomic mass is 9.39. The summed E-state index contributed by atoms with van der Waals surface area (Å²) in [6.07, 6.45) is 1.98. The fourth-order valence-corrected chi connectivity index (χ4v) is 4.18. The van der Waals surface area contributed by atoms with Gasteiger partial charge >= 0.3 is 12.2 Å². The molecule has 6 heteroatoms. The van der Waals surface area contributed by atoms with E-state index in [0.717, 1.165) is 24.8 Å². The normalized spacial score (nSPS) is 26.2. The Morgan fingerprint density at radius 1 is 1.15 bits per heavy atom. The Morgan fingerprint density at radius 3 is 2.35 bits per heavy atom. The van der Waals surface area contributed by atoms with E-state index in [1.165, 1.54) is 0 Å². The van der Waals surface area contributed by atoms with Crippen molar-refractivity contribution in [3.63, 3.8) is 0 Å². The summed E-state index contributed by atoms with van der Waals surface area (Å²) in [4.78, 5) is 25.7. The highest BCUT2D eigenvalue weighted by atomic mass is 16.6. The van der Waals surface area contributed by atoms with Crippen LogP contribution in [0.3, 0.4) is 0 Å². The van der Waals surface area contributed by atoms with E-state index in [9.17, 15) is 9.59 Å². The van der Waals surface area contributed by atoms with Crippen LogP contribution in [0.1, 0.15) is 45.6 Å². The maximum atomic E-state index is 12.1. The van der Waals surface area contributed by atoms with Crippen LogP contribution in [0.4, 0.5) is 9.59 Å². The Bertz CT molecular complexity index is 661. The number of rotatable bonds is 5. The second-order valence-corrected chi connectivity index (χ2v) is 8.83. The Hall–Kier alpha value is -2.24. The molecule has 0 aliphatic heterocycles. The molecule has 1 N–H and O–H groups in total. The second kappa shape index (κ2) is 6.49. The van der Waals surface area contributed by atoms with Gasteiger partial charge in [-0.05, 0) is 51.0 Å². The van der Waals surface area contributed by atoms with Crippen LogP contribution in [-0.2, 0) is 16.1 Å². The molecule has 6 nitrogen and oxygen atoms in total. The average molecular weight is 360 g/mol. The molecule has 26 heavy (non-hydrogen) atoms. The van der Waals surface area contributed by atoms with Gasteiger partial charge in [0.05, 0.1) is 0 Å². The predicted octanol–water partition coefficient (Wildman–Crippen LogP) is 3.70. The summed E-state index contributed by atoms with van der Waals surface area (Å²) in [6.45, 7) is 6.51. The van der Waals surface area contributed by atoms with E-state index in [4.69, 9.17) is 9.47 Å². The van der Waals surface area contributed by atoms with Crippen molar-refractivity contribution in [1.82, 2.24) is 10.2 Å². The molecule has 3 fully saturated rings. The number of nitrogens with one attached hydrogen (secondary N) is 1. The number of nitrogens with zero attached hydrogens (tertiary/aromatic N) is 1. The SMILES string of the molecule is CN(CC12CC(NC(=O)OCc3ccccc3)(C1)C2)C(=O)OC(C)(C)C. The smallest absolute Gasteiger partial charge is 0.410 e. The molecule has 0 radical (unpaired) electrons. The molecular formula is C20H28N2O4. The largest absolute Gasteiger partial charge is 0.445 e. The summed E-state index contributed by atoms with van der Waals surface area (Å²) in [7, 11) is 1.77. The third kappa shape index (κ3) is 4.11. The summed E-state index contributed by atoms with van der Waals surface area (Å²) in [5.74, 6) is 0. The first kappa shape index (κ1) is 18.5. The van der Waals surface area contributed by atoms with Gasteiger partial charge in [-0.2, -0.15) is 0 Å². The standard InChI is InChI=1S/C20H28N2O4/c1-18(2,3)26-17(24)22(4)14-19-11-20(12-19,13-19)21-16(23)25-10-15-8-6-5-7-9-15/h5-9H,10-14H2,1-4H3,(H,21,23). The lowest BCUT2D eigenvalue weighted by Gasteiger charge is -2.70. The molecule has 2 amide bonds. The van der Waals surface area contributed by atoms with Crippen LogP contribution in [0.15, 0.2) is 30.3 Å². The van der Waals surface area contributed by atoms with Crippen LogP contribution in [-0.4, -0.2) is 41.8 Å². The van der Waals surface area contributed by atoms with Crippen molar-refractivity contribution in [3.8, 4) is 0 Å². The van der Waals surface area contributed by atoms with Gasteiger partial charge in [-0.15, -0.1) is 0 Å². The second-order valence-electron chi connectivity index (χ2n) is 8.83. The van der Waals surface area contributed by atoms with Gasteiger partial charge in [0.25, 0.3) is 0 Å². The van der Waals surface area contributed by atoms with Gasteiger partial charge in [0.1, 0.15) is 12.2 Å². The van der Waals surface area contributed by atoms with Gasteiger partial charge in [0, 0.05) is 19.1 Å². The fraction of sp³-hybridized carbons (Fsp3) is 0.600. The van der Waals surface area contributed by atoms with Crippen LogP contribution in [0, 0.1) is 5.41 Å². The van der Waals surface area contributed by atoms with Crippen molar-refractivity contribution in [3.05, 3.63) is 35.9 Å². The number of carbonyl (C=O) groups is 2. The highest BCUT2D eigenvalue weighted by molar-refractivity contribution is 5.70. The van der Waals surface area contributed by atoms with Crippen molar-refractivity contribution in [2.75, 3.05) is 13.6 Å². The Morgan fingerprint density at radius 2 is 1.77 bits per heavy atom. The lowest BCUT2D eigenvalue weighted by molar-refractivity contribution is -0.159. The topological polar surface area (TPSA) is 67.9 Å². The molecule has 0 unspecified atom stereocenters. The summed E-state index contributed by atoms with van der Waals surface area (Å²) in [5.41, 5.74) is 0.437. The maximum absolute atomic E-state index is 12.1. The molecule has 2 bridgehead atoms. The molecule has 1 aromatic carbocycles. The Labute approximate surface area is 154 Å². The van der Waals surface area contributed by atoms with Crippen molar-refractivity contribution >= 4 is 12.2 Å². The minimum Gasteiger partial charge on any atom is -0.445 e. The zero-order chi connectivity index (χ0) is 19.0. The minimum atomic E-state index is -0.490. The number of carbonyl (C=O) groups excluding carboxylic acids is 2. The molecule has 0 aromatic heterocycles. The molecule has 0 saturated heterocycles. The van der Waals surface area contributed by atoms with Gasteiger partial charge in [0.2, 0.25) is 0 Å². The number of amides is 2. The first-order valence-corrected chi connectivity index (χ1v) is 9.04. The predicted molar refractivity (Wildman–Crippen MR) is 97.6 cm³/mol. The number of hydrogen-bond donors (Lipinski definition) is 1. The van der Waals surface area contributed by atoms with Crippen molar-refractivity contribution < 1.29 is 19.1 Å². The summed E-state index contributed by atoms with van der Waals surface area (Å²) in [6, 6.07) is 9.62. The van der Waals surface area contributed by atoms with E-state index in [1.54, 1.807) is 11.9 Å². The summed E-state index contributed by atoms with van der Waals surface area (Å²) in [5, 5.41) is 3.00. The van der Waals surface area contributed by atoms with E-state index in [1.807, 2.05) is 51.1 Å². The van der Waals surface area contributed by atoms with E-state index in [0.29, 0.717) is 6.54 Å². The zero-order valence-electron chi connectivity index (χ0n) is 16.0. The molecule has 3 aliphatic rings. The first-order chi connectivity index (χ1) is 12.1. The Balaban J connectivity index is 1.39. The van der Waals surface area contributed by atoms with Crippen LogP contribution < -0.4 is 5.32 Å². The quantitative estimate of drug-likeness (QED) is 0.869. The lowest BCUT2D eigenvalue weighted by Crippen LogP contribution is -2.76. The van der Waals surface area contributed by atoms with Gasteiger partial charge in [-0.3, -0.25) is 0 Å². The molecular weight excluding hydrogens is 332 g/mol. The number of benzene rings is 1. The molecule has 142 valence electrons. The highest BCUT2D eigenvalue weighted by Crippen LogP contribution is 2.67. The molecule has 1 aromatic rings. The molecule has 3 aliphatic carbocycles. The van der Waals surface area contributed by atoms with E-state index < -0.39 is 5.60 Å². The Kier molecular flexibility index (Phi) is 4.63. The zero-order valence-corrected chi connectivity index (χ0v) is 16.0. The van der Waals surface area contributed by atoms with E-state index in [2.05, 4.69) is 5.32 Å². The highest BCUT2D eigenvalue weighted by Gasteiger charge is 2.69. The first-order valence-electron chi connectivity index (χ1n) is 9.04. The summed E-state index contributed by atoms with van der Waals surface area (Å²) < 4.78 is 10.7. The number of alkyl carbamates (subject to hydrolysis) is 1. The van der Waals surface area contributed by atoms with Gasteiger partial charge in [0.15, 0.2) is 0 Å². The molecule has 3 saturated carbocycles. The van der Waals surface area contributed by atoms with Crippen molar-refractivity contribution in [2.45, 2.75) is 57.8 Å². The minimum absolute atomic E-state index is 0.109. The van der Waals surface area contributed by atoms with Gasteiger partial charge < -0.3 is 19.7 Å². The van der Waals surface area contributed by atoms with E-state index in [-0.39, 0.29) is 29.7 Å². The number of ether oxygens (including phenoxy) is 2. The van der Waals surface area contributed by atoms with Crippen LogP contribution in [0.2, 0.25) is 0 Å². The molecule has 4 rings (SSSR count). The fourth-order valence-electron chi connectivity index (χ4n) is 4.18. The molecule has 0 atom stereocenters. The van der Waals surface area contributed by atoms with Gasteiger partial charge in [-0.25, -0.2) is 9.59 Å². The third-order valence-electron chi connectivity index (χ3n) is 5.00. The van der Waals surface area contributed by atoms with Crippen LogP contribution >= 0.6 is 0 Å². The van der Waals surface area contributed by atoms with Crippen LogP contribution in [0.25, 0.3) is 0 Å². The monoisotopic (exact) mass is 360 g/mol. The van der Waals surface area contributed by atoms with Crippen LogP contribution in [0.5, 0.6) is 0 Å². The van der Waals surface area contributed by atoms with Gasteiger partial charge in [-0.1, -0.05) is 30.3 Å². The van der Waals surface area contributed by atoms with Crippen molar-refractivity contribution in [2.24, 2.45) is 5.41 Å². The molecule has 0 spiro atoms. The van der Waals surface area contributed by atoms with E-state index >= 15 is 0 Å². The third-order valence-corrected chi connectivity index (χ3v) is 5.00. The molecule has 0 heterocycles. The van der Waals surface area contributed by atoms with Crippen molar-refractivity contribution in [1.29, 1.82) is 0 Å². The summed E-state index contributed by atoms with van der Waals surface area (Å²) >= 11 is 0. The average Bonchev–Trinajstić information content (AvgIpc) is 2.49. The maximum Gasteiger partial charge on any atom is 0.410 e. The number of hydrogen-bond acceptors (Lipinski definition) is 4.